The molecule has 1 unspecified atom stereocenters. The molecule has 0 N–H and O–H groups in total. The van der Waals surface area contributed by atoms with Gasteiger partial charge in [0, 0.05) is 19.4 Å². The highest BCUT2D eigenvalue weighted by Crippen LogP contribution is 2.26. The summed E-state index contributed by atoms with van der Waals surface area (Å²) in [5, 5.41) is 4.28. The van der Waals surface area contributed by atoms with Crippen LogP contribution < -0.4 is 0 Å². The molecule has 0 aromatic carbocycles. The molecule has 5 nitrogen and oxygen atoms in total. The van der Waals surface area contributed by atoms with E-state index >= 15 is 0 Å². The summed E-state index contributed by atoms with van der Waals surface area (Å²) in [5.41, 5.74) is 4.01. The van der Waals surface area contributed by atoms with Crippen LogP contribution in [0.4, 0.5) is 0 Å². The lowest BCUT2D eigenvalue weighted by molar-refractivity contribution is 0.686. The first-order valence-corrected chi connectivity index (χ1v) is 6.94. The standard InChI is InChI=1S/C14H16ClN5/c1-9(15)13-17-12-10(2)18-19(3)14(12)20(13)8-11-4-6-16-7-5-11/h4-7,9H,8H2,1-3H3. The molecule has 3 rings (SSSR count). The van der Waals surface area contributed by atoms with Crippen LogP contribution >= 0.6 is 11.6 Å². The van der Waals surface area contributed by atoms with Crippen molar-refractivity contribution in [2.24, 2.45) is 7.05 Å². The molecule has 104 valence electrons. The van der Waals surface area contributed by atoms with Gasteiger partial charge >= 0.3 is 0 Å². The fourth-order valence-electron chi connectivity index (χ4n) is 2.48. The Morgan fingerprint density at radius 3 is 2.65 bits per heavy atom. The Labute approximate surface area is 122 Å². The first-order valence-electron chi connectivity index (χ1n) is 6.50. The molecule has 0 radical (unpaired) electrons. The van der Waals surface area contributed by atoms with Gasteiger partial charge in [-0.15, -0.1) is 11.6 Å². The maximum atomic E-state index is 6.28. The number of aromatic nitrogens is 5. The maximum Gasteiger partial charge on any atom is 0.159 e. The van der Waals surface area contributed by atoms with Crippen LogP contribution in [0.25, 0.3) is 11.2 Å². The molecule has 3 aromatic heterocycles. The molecule has 0 bridgehead atoms. The highest BCUT2D eigenvalue weighted by Gasteiger charge is 2.20. The third kappa shape index (κ3) is 2.08. The van der Waals surface area contributed by atoms with Crippen molar-refractivity contribution in [1.82, 2.24) is 24.3 Å². The molecule has 3 heterocycles. The van der Waals surface area contributed by atoms with Gasteiger partial charge in [-0.2, -0.15) is 5.10 Å². The Morgan fingerprint density at radius 2 is 2.00 bits per heavy atom. The van der Waals surface area contributed by atoms with E-state index in [-0.39, 0.29) is 5.38 Å². The summed E-state index contributed by atoms with van der Waals surface area (Å²) >= 11 is 6.28. The summed E-state index contributed by atoms with van der Waals surface area (Å²) < 4.78 is 3.99. The van der Waals surface area contributed by atoms with E-state index in [1.54, 1.807) is 12.4 Å². The van der Waals surface area contributed by atoms with Crippen LogP contribution in [0.5, 0.6) is 0 Å². The van der Waals surface area contributed by atoms with Crippen molar-refractivity contribution in [2.45, 2.75) is 25.8 Å². The number of alkyl halides is 1. The smallest absolute Gasteiger partial charge is 0.159 e. The van der Waals surface area contributed by atoms with Crippen LogP contribution in [-0.4, -0.2) is 24.3 Å². The van der Waals surface area contributed by atoms with Crippen molar-refractivity contribution in [3.8, 4) is 0 Å². The fourth-order valence-corrected chi connectivity index (χ4v) is 2.65. The zero-order valence-electron chi connectivity index (χ0n) is 11.7. The molecular weight excluding hydrogens is 274 g/mol. The third-order valence-corrected chi connectivity index (χ3v) is 3.56. The second-order valence-corrected chi connectivity index (χ2v) is 5.56. The number of hydrogen-bond donors (Lipinski definition) is 0. The molecule has 0 amide bonds. The van der Waals surface area contributed by atoms with E-state index in [1.165, 1.54) is 0 Å². The zero-order chi connectivity index (χ0) is 14.3. The minimum Gasteiger partial charge on any atom is -0.307 e. The quantitative estimate of drug-likeness (QED) is 0.697. The van der Waals surface area contributed by atoms with E-state index in [9.17, 15) is 0 Å². The molecular formula is C14H16ClN5. The Morgan fingerprint density at radius 1 is 1.30 bits per heavy atom. The summed E-state index contributed by atoms with van der Waals surface area (Å²) in [5.74, 6) is 0.870. The Bertz CT molecular complexity index is 742. The number of pyridine rings is 1. The highest BCUT2D eigenvalue weighted by molar-refractivity contribution is 6.20. The van der Waals surface area contributed by atoms with Crippen molar-refractivity contribution in [2.75, 3.05) is 0 Å². The fraction of sp³-hybridized carbons (Fsp3) is 0.357. The van der Waals surface area contributed by atoms with Crippen LogP contribution in [0.15, 0.2) is 24.5 Å². The number of halogens is 1. The van der Waals surface area contributed by atoms with Gasteiger partial charge in [-0.05, 0) is 31.5 Å². The molecule has 0 saturated carbocycles. The molecule has 0 aliphatic rings. The van der Waals surface area contributed by atoms with Crippen LogP contribution in [0, 0.1) is 6.92 Å². The van der Waals surface area contributed by atoms with Crippen molar-refractivity contribution >= 4 is 22.8 Å². The first-order chi connectivity index (χ1) is 9.58. The van der Waals surface area contributed by atoms with Crippen molar-refractivity contribution < 1.29 is 0 Å². The van der Waals surface area contributed by atoms with Gasteiger partial charge in [0.25, 0.3) is 0 Å². The van der Waals surface area contributed by atoms with E-state index < -0.39 is 0 Å². The minimum atomic E-state index is -0.149. The largest absolute Gasteiger partial charge is 0.307 e. The monoisotopic (exact) mass is 289 g/mol. The van der Waals surface area contributed by atoms with Crippen molar-refractivity contribution in [3.63, 3.8) is 0 Å². The average Bonchev–Trinajstić information content (AvgIpc) is 2.91. The van der Waals surface area contributed by atoms with Crippen LogP contribution in [-0.2, 0) is 13.6 Å². The van der Waals surface area contributed by atoms with Crippen molar-refractivity contribution in [3.05, 3.63) is 41.6 Å². The molecule has 0 spiro atoms. The zero-order valence-corrected chi connectivity index (χ0v) is 12.5. The number of aryl methyl sites for hydroxylation is 2. The lowest BCUT2D eigenvalue weighted by atomic mass is 10.2. The van der Waals surface area contributed by atoms with Crippen molar-refractivity contribution in [1.29, 1.82) is 0 Å². The second kappa shape index (κ2) is 4.90. The van der Waals surface area contributed by atoms with Gasteiger partial charge in [0.2, 0.25) is 0 Å². The van der Waals surface area contributed by atoms with E-state index in [2.05, 4.69) is 19.6 Å². The summed E-state index contributed by atoms with van der Waals surface area (Å²) in [4.78, 5) is 8.71. The Balaban J connectivity index is 2.18. The van der Waals surface area contributed by atoms with Gasteiger partial charge < -0.3 is 4.57 Å². The summed E-state index contributed by atoms with van der Waals surface area (Å²) in [6.45, 7) is 4.62. The third-order valence-electron chi connectivity index (χ3n) is 3.37. The van der Waals surface area contributed by atoms with E-state index in [4.69, 9.17) is 11.6 Å². The number of imidazole rings is 1. The Kier molecular flexibility index (Phi) is 3.22. The van der Waals surface area contributed by atoms with Gasteiger partial charge in [0.1, 0.15) is 11.3 Å². The lowest BCUT2D eigenvalue weighted by Gasteiger charge is -2.11. The predicted octanol–water partition coefficient (Wildman–Crippen LogP) is 2.82. The summed E-state index contributed by atoms with van der Waals surface area (Å²) in [6, 6.07) is 4.00. The normalized spacial score (nSPS) is 13.0. The molecule has 6 heteroatoms. The number of fused-ring (bicyclic) bond motifs is 1. The molecule has 1 atom stereocenters. The molecule has 0 aliphatic carbocycles. The van der Waals surface area contributed by atoms with Gasteiger partial charge in [0.15, 0.2) is 5.65 Å². The summed E-state index contributed by atoms with van der Waals surface area (Å²) in [6.07, 6.45) is 3.59. The first kappa shape index (κ1) is 13.1. The molecule has 20 heavy (non-hydrogen) atoms. The molecule has 0 saturated heterocycles. The SMILES string of the molecule is Cc1nn(C)c2c1nc(C(C)Cl)n2Cc1ccncc1. The van der Waals surface area contributed by atoms with Crippen LogP contribution in [0.1, 0.15) is 29.4 Å². The van der Waals surface area contributed by atoms with E-state index in [1.807, 2.05) is 37.7 Å². The molecule has 0 fully saturated rings. The summed E-state index contributed by atoms with van der Waals surface area (Å²) in [7, 11) is 1.93. The highest BCUT2D eigenvalue weighted by atomic mass is 35.5. The average molecular weight is 290 g/mol. The van der Waals surface area contributed by atoms with Gasteiger partial charge in [-0.1, -0.05) is 0 Å². The second-order valence-electron chi connectivity index (χ2n) is 4.91. The van der Waals surface area contributed by atoms with E-state index in [0.29, 0.717) is 6.54 Å². The number of rotatable bonds is 3. The predicted molar refractivity (Wildman–Crippen MR) is 78.8 cm³/mol. The van der Waals surface area contributed by atoms with Gasteiger partial charge in [-0.3, -0.25) is 9.67 Å². The van der Waals surface area contributed by atoms with Gasteiger partial charge in [-0.25, -0.2) is 4.98 Å². The number of hydrogen-bond acceptors (Lipinski definition) is 3. The van der Waals surface area contributed by atoms with Crippen LogP contribution in [0.2, 0.25) is 0 Å². The topological polar surface area (TPSA) is 48.5 Å². The van der Waals surface area contributed by atoms with Gasteiger partial charge in [0.05, 0.1) is 17.6 Å². The lowest BCUT2D eigenvalue weighted by Crippen LogP contribution is -2.09. The van der Waals surface area contributed by atoms with E-state index in [0.717, 1.165) is 28.2 Å². The molecule has 0 aliphatic heterocycles. The maximum absolute atomic E-state index is 6.28. The number of nitrogens with zero attached hydrogens (tertiary/aromatic N) is 5. The van der Waals surface area contributed by atoms with Crippen LogP contribution in [0.3, 0.4) is 0 Å². The minimum absolute atomic E-state index is 0.149. The Hall–Kier alpha value is -1.88. The molecule has 3 aromatic rings.